The van der Waals surface area contributed by atoms with Gasteiger partial charge in [0.05, 0.1) is 30.8 Å². The van der Waals surface area contributed by atoms with Crippen LogP contribution in [0.15, 0.2) is 11.6 Å². The number of Topliss-reactive ketones (excluding diaryl/α,β-unsaturated/α-hetero) is 1. The fraction of sp³-hybridized carbons (Fsp3) is 0.865. The zero-order chi connectivity index (χ0) is 33.6. The lowest BCUT2D eigenvalue weighted by Crippen LogP contribution is -2.60. The Hall–Kier alpha value is -0.756. The van der Waals surface area contributed by atoms with Crippen LogP contribution in [0.25, 0.3) is 0 Å². The molecule has 0 aromatic heterocycles. The normalized spacial score (nSPS) is 28.8. The summed E-state index contributed by atoms with van der Waals surface area (Å²) in [5.74, 6) is 2.74. The van der Waals surface area contributed by atoms with Crippen LogP contribution in [0.3, 0.4) is 0 Å². The van der Waals surface area contributed by atoms with Crippen LogP contribution in [0.4, 0.5) is 0 Å². The number of hydrogen-bond acceptors (Lipinski definition) is 5. The van der Waals surface area contributed by atoms with Crippen molar-refractivity contribution in [2.45, 2.75) is 188 Å². The van der Waals surface area contributed by atoms with Gasteiger partial charge in [-0.2, -0.15) is 0 Å². The van der Waals surface area contributed by atoms with E-state index >= 15 is 0 Å². The Kier molecular flexibility index (Phi) is 14.7. The van der Waals surface area contributed by atoms with Gasteiger partial charge in [0.15, 0.2) is 14.1 Å². The molecule has 2 aliphatic rings. The zero-order valence-electron chi connectivity index (χ0n) is 30.9. The molecule has 5 nitrogen and oxygen atoms in total. The molecule has 0 aromatic rings. The van der Waals surface area contributed by atoms with E-state index in [0.717, 1.165) is 23.7 Å². The molecule has 2 saturated heterocycles. The van der Waals surface area contributed by atoms with Gasteiger partial charge in [0, 0.05) is 24.7 Å². The van der Waals surface area contributed by atoms with Crippen LogP contribution in [0.1, 0.15) is 123 Å². The van der Waals surface area contributed by atoms with Gasteiger partial charge in [-0.25, -0.2) is 0 Å². The van der Waals surface area contributed by atoms with E-state index in [0.29, 0.717) is 48.2 Å². The molecule has 1 spiro atoms. The molecule has 0 amide bonds. The first-order valence-corrected chi connectivity index (χ1v) is 22.5. The second kappa shape index (κ2) is 16.4. The minimum Gasteiger partial charge on any atom is -0.413 e. The second-order valence-corrected chi connectivity index (χ2v) is 25.5. The smallest absolute Gasteiger partial charge is 0.201 e. The minimum absolute atomic E-state index is 0.0229. The van der Waals surface area contributed by atoms with Gasteiger partial charge in [-0.05, 0) is 66.5 Å². The fourth-order valence-electron chi connectivity index (χ4n) is 8.39. The van der Waals surface area contributed by atoms with Gasteiger partial charge >= 0.3 is 0 Å². The third kappa shape index (κ3) is 8.78. The van der Waals surface area contributed by atoms with Gasteiger partial charge in [0.25, 0.3) is 0 Å². The molecule has 2 heterocycles. The highest BCUT2D eigenvalue weighted by Crippen LogP contribution is 2.46. The molecule has 0 unspecified atom stereocenters. The van der Waals surface area contributed by atoms with Crippen molar-refractivity contribution < 1.29 is 23.1 Å². The van der Waals surface area contributed by atoms with Gasteiger partial charge in [0.2, 0.25) is 8.32 Å². The molecule has 2 aliphatic heterocycles. The fourth-order valence-corrected chi connectivity index (χ4v) is 17.0. The number of hydrogen-bond donors (Lipinski definition) is 0. The van der Waals surface area contributed by atoms with Gasteiger partial charge in [-0.3, -0.25) is 4.79 Å². The third-order valence-corrected chi connectivity index (χ3v) is 21.9. The Morgan fingerprint density at radius 3 is 2.00 bits per heavy atom. The molecule has 0 saturated carbocycles. The van der Waals surface area contributed by atoms with Crippen molar-refractivity contribution in [3.63, 3.8) is 0 Å². The summed E-state index contributed by atoms with van der Waals surface area (Å²) >= 11 is 0. The highest BCUT2D eigenvalue weighted by molar-refractivity contribution is 6.77. The van der Waals surface area contributed by atoms with Gasteiger partial charge in [-0.15, -0.1) is 12.3 Å². The quantitative estimate of drug-likeness (QED) is 0.100. The predicted molar refractivity (Wildman–Crippen MR) is 190 cm³/mol. The first-order valence-electron chi connectivity index (χ1n) is 17.8. The molecule has 0 aromatic carbocycles. The summed E-state index contributed by atoms with van der Waals surface area (Å²) < 4.78 is 28.0. The van der Waals surface area contributed by atoms with Crippen LogP contribution >= 0.6 is 0 Å². The predicted octanol–water partition coefficient (Wildman–Crippen LogP) is 10.1. The molecular weight excluding hydrogens is 581 g/mol. The van der Waals surface area contributed by atoms with Crippen LogP contribution in [-0.4, -0.2) is 52.6 Å². The van der Waals surface area contributed by atoms with Crippen LogP contribution in [0.2, 0.25) is 34.8 Å². The number of terminal acetylenes is 1. The molecule has 254 valence electrons. The Labute approximate surface area is 274 Å². The molecule has 0 radical (unpaired) electrons. The molecule has 0 aliphatic carbocycles. The highest BCUT2D eigenvalue weighted by atomic mass is 28.4. The maximum absolute atomic E-state index is 13.4. The van der Waals surface area contributed by atoms with Crippen molar-refractivity contribution in [1.82, 2.24) is 0 Å². The van der Waals surface area contributed by atoms with Crippen LogP contribution in [0.5, 0.6) is 0 Å². The molecule has 2 rings (SSSR count). The lowest BCUT2D eigenvalue weighted by atomic mass is 9.81. The van der Waals surface area contributed by atoms with Crippen LogP contribution < -0.4 is 0 Å². The van der Waals surface area contributed by atoms with E-state index in [-0.39, 0.29) is 42.0 Å². The molecular formula is C37H68O5Si2. The van der Waals surface area contributed by atoms with Crippen LogP contribution in [-0.2, 0) is 23.1 Å². The second-order valence-electron chi connectivity index (χ2n) is 15.4. The lowest BCUT2D eigenvalue weighted by Gasteiger charge is -2.52. The summed E-state index contributed by atoms with van der Waals surface area (Å²) in [4.78, 5) is 13.4. The van der Waals surface area contributed by atoms with E-state index in [1.54, 1.807) is 0 Å². The number of carbonyl (C=O) groups excluding carboxylic acids is 1. The van der Waals surface area contributed by atoms with E-state index in [4.69, 9.17) is 24.7 Å². The maximum atomic E-state index is 13.4. The minimum atomic E-state index is -2.16. The van der Waals surface area contributed by atoms with Gasteiger partial charge < -0.3 is 18.3 Å². The van der Waals surface area contributed by atoms with Gasteiger partial charge in [0.1, 0.15) is 5.78 Å². The van der Waals surface area contributed by atoms with E-state index in [1.165, 1.54) is 0 Å². The van der Waals surface area contributed by atoms with Crippen molar-refractivity contribution in [2.24, 2.45) is 17.8 Å². The summed E-state index contributed by atoms with van der Waals surface area (Å²) in [5, 5.41) is 0. The monoisotopic (exact) mass is 648 g/mol. The molecule has 44 heavy (non-hydrogen) atoms. The number of ketones is 1. The van der Waals surface area contributed by atoms with E-state index in [9.17, 15) is 4.79 Å². The average Bonchev–Trinajstić information content (AvgIpc) is 2.95. The molecule has 0 bridgehead atoms. The Morgan fingerprint density at radius 2 is 1.55 bits per heavy atom. The third-order valence-electron chi connectivity index (χ3n) is 11.2. The first kappa shape index (κ1) is 39.4. The van der Waals surface area contributed by atoms with Gasteiger partial charge in [-0.1, -0.05) is 89.2 Å². The largest absolute Gasteiger partial charge is 0.413 e. The SMILES string of the molecule is C#C[C@H](C)[C@H](O[Si](C(C)C)(C(C)C)C(C)C)/C(C)=C/C[C@@H]1CC(=O)C[C@@]2(C[C@H](O[Si](CC)(CC)CC)[C@H](C)[C@@H](C(C)C)O2)O1. The summed E-state index contributed by atoms with van der Waals surface area (Å²) in [6.45, 7) is 31.6. The molecule has 7 atom stereocenters. The summed E-state index contributed by atoms with van der Waals surface area (Å²) in [5.41, 5.74) is 2.53. The maximum Gasteiger partial charge on any atom is 0.201 e. The van der Waals surface area contributed by atoms with E-state index < -0.39 is 22.4 Å². The lowest BCUT2D eigenvalue weighted by molar-refractivity contribution is -0.333. The Morgan fingerprint density at radius 1 is 1.00 bits per heavy atom. The first-order chi connectivity index (χ1) is 20.5. The summed E-state index contributed by atoms with van der Waals surface area (Å²) in [6.07, 6.45) is 9.77. The summed E-state index contributed by atoms with van der Waals surface area (Å²) in [6, 6.07) is 3.30. The Bertz CT molecular complexity index is 964. The number of carbonyl (C=O) groups is 1. The number of rotatable bonds is 15. The van der Waals surface area contributed by atoms with Crippen molar-refractivity contribution in [3.8, 4) is 12.3 Å². The van der Waals surface area contributed by atoms with Crippen LogP contribution in [0, 0.1) is 30.1 Å². The van der Waals surface area contributed by atoms with E-state index in [2.05, 4.69) is 109 Å². The standard InChI is InChI=1S/C37H68O5Si2/c1-16-29(13)36(42-44(26(7)8,27(9)10)28(11)12)30(14)20-21-33-22-32(38)23-37(39-33)24-34(31(15)35(40-37)25(5)6)41-43(17-2,18-3)19-4/h1,20,25-29,31,33-36H,17-19,21-24H2,2-15H3/b30-20+/t29-,31-,33+,34-,35+,36-,37+/m0/s1. The molecule has 7 heteroatoms. The van der Waals surface area contributed by atoms with Crippen molar-refractivity contribution >= 4 is 22.4 Å². The molecule has 2 fully saturated rings. The average molecular weight is 649 g/mol. The summed E-state index contributed by atoms with van der Waals surface area (Å²) in [7, 11) is -4.02. The molecule has 0 N–H and O–H groups in total. The highest BCUT2D eigenvalue weighted by Gasteiger charge is 2.53. The zero-order valence-corrected chi connectivity index (χ0v) is 32.9. The van der Waals surface area contributed by atoms with Crippen molar-refractivity contribution in [3.05, 3.63) is 11.6 Å². The Balaban J connectivity index is 2.38. The number of ether oxygens (including phenoxy) is 2. The van der Waals surface area contributed by atoms with E-state index in [1.807, 2.05) is 0 Å². The van der Waals surface area contributed by atoms with Crippen molar-refractivity contribution in [1.29, 1.82) is 0 Å². The van der Waals surface area contributed by atoms with Crippen molar-refractivity contribution in [2.75, 3.05) is 0 Å². The topological polar surface area (TPSA) is 54.0 Å².